The smallest absolute Gasteiger partial charge is 0.139 e. The molecule has 0 amide bonds. The van der Waals surface area contributed by atoms with Gasteiger partial charge in [0.15, 0.2) is 0 Å². The number of aliphatic imine (C=N–C) groups is 1. The molecule has 0 saturated carbocycles. The molecular formula is C47H66N2O. The number of hydrogen-bond donors (Lipinski definition) is 0. The summed E-state index contributed by atoms with van der Waals surface area (Å²) in [4.78, 5) is 5.80. The van der Waals surface area contributed by atoms with E-state index in [0.29, 0.717) is 0 Å². The summed E-state index contributed by atoms with van der Waals surface area (Å²) in [5, 5.41) is 0. The minimum Gasteiger partial charge on any atom is -0.484 e. The molecule has 1 heterocycles. The van der Waals surface area contributed by atoms with Crippen LogP contribution in [-0.2, 0) is 35.6 Å². The number of rotatable bonds is 15. The molecule has 3 nitrogen and oxygen atoms in total. The highest BCUT2D eigenvalue weighted by atomic mass is 16.5. The Morgan fingerprint density at radius 3 is 1.78 bits per heavy atom. The Labute approximate surface area is 305 Å². The number of nitrogens with zero attached hydrogens (tertiary/aromatic N) is 2. The summed E-state index contributed by atoms with van der Waals surface area (Å²) in [5.41, 5.74) is 9.92. The highest BCUT2D eigenvalue weighted by Crippen LogP contribution is 2.43. The van der Waals surface area contributed by atoms with Crippen molar-refractivity contribution in [1.29, 1.82) is 0 Å². The third kappa shape index (κ3) is 10.0. The zero-order valence-corrected chi connectivity index (χ0v) is 33.5. The fraction of sp³-hybridized carbons (Fsp3) is 0.511. The van der Waals surface area contributed by atoms with Gasteiger partial charge in [0, 0.05) is 36.5 Å². The Kier molecular flexibility index (Phi) is 13.0. The molecule has 0 aliphatic carbocycles. The van der Waals surface area contributed by atoms with Gasteiger partial charge in [0.05, 0.1) is 11.4 Å². The first-order valence-corrected chi connectivity index (χ1v) is 19.2. The Morgan fingerprint density at radius 2 is 1.28 bits per heavy atom. The number of benzene rings is 3. The van der Waals surface area contributed by atoms with E-state index in [9.17, 15) is 0 Å². The summed E-state index contributed by atoms with van der Waals surface area (Å²) < 4.78 is 9.97. The zero-order valence-electron chi connectivity index (χ0n) is 33.5. The monoisotopic (exact) mass is 675 g/mol. The van der Waals surface area contributed by atoms with Crippen molar-refractivity contribution in [3.8, 4) is 5.75 Å². The quantitative estimate of drug-likeness (QED) is 0.115. The predicted molar refractivity (Wildman–Crippen MR) is 217 cm³/mol. The highest BCUT2D eigenvalue weighted by molar-refractivity contribution is 5.92. The molecular weight excluding hydrogens is 609 g/mol. The van der Waals surface area contributed by atoms with Crippen molar-refractivity contribution < 1.29 is 4.74 Å². The van der Waals surface area contributed by atoms with E-state index >= 15 is 0 Å². The van der Waals surface area contributed by atoms with Gasteiger partial charge in [0.1, 0.15) is 11.9 Å². The second-order valence-electron chi connectivity index (χ2n) is 17.4. The minimum atomic E-state index is -0.220. The second kappa shape index (κ2) is 16.6. The molecule has 1 unspecified atom stereocenters. The van der Waals surface area contributed by atoms with Crippen LogP contribution in [0.25, 0.3) is 0 Å². The van der Waals surface area contributed by atoms with Crippen LogP contribution in [0.3, 0.4) is 0 Å². The van der Waals surface area contributed by atoms with Gasteiger partial charge in [0.25, 0.3) is 0 Å². The van der Waals surface area contributed by atoms with Gasteiger partial charge in [-0.1, -0.05) is 155 Å². The Balaban J connectivity index is 2.00. The van der Waals surface area contributed by atoms with Gasteiger partial charge in [-0.15, -0.1) is 0 Å². The van der Waals surface area contributed by atoms with E-state index in [-0.39, 0.29) is 28.3 Å². The number of ether oxygens (including phenoxy) is 1. The molecule has 0 aliphatic heterocycles. The van der Waals surface area contributed by atoms with Crippen molar-refractivity contribution in [2.45, 2.75) is 151 Å². The molecule has 0 fully saturated rings. The van der Waals surface area contributed by atoms with Crippen LogP contribution < -0.4 is 4.74 Å². The first kappa shape index (κ1) is 39.2. The zero-order chi connectivity index (χ0) is 36.7. The van der Waals surface area contributed by atoms with Crippen molar-refractivity contribution in [3.63, 3.8) is 0 Å². The van der Waals surface area contributed by atoms with E-state index in [2.05, 4.69) is 173 Å². The molecule has 3 aromatic carbocycles. The summed E-state index contributed by atoms with van der Waals surface area (Å²) in [6.45, 7) is 28.7. The van der Waals surface area contributed by atoms with Crippen molar-refractivity contribution in [1.82, 2.24) is 4.57 Å². The first-order chi connectivity index (χ1) is 23.5. The lowest BCUT2D eigenvalue weighted by atomic mass is 9.75. The van der Waals surface area contributed by atoms with Crippen molar-refractivity contribution in [2.24, 2.45) is 10.9 Å². The van der Waals surface area contributed by atoms with Crippen LogP contribution >= 0.6 is 0 Å². The molecule has 0 aliphatic rings. The molecule has 0 radical (unpaired) electrons. The molecule has 4 rings (SSSR count). The van der Waals surface area contributed by atoms with Crippen molar-refractivity contribution in [2.75, 3.05) is 0 Å². The van der Waals surface area contributed by atoms with Crippen molar-refractivity contribution >= 4 is 11.4 Å². The van der Waals surface area contributed by atoms with E-state index in [0.717, 1.165) is 62.2 Å². The van der Waals surface area contributed by atoms with E-state index in [1.54, 1.807) is 0 Å². The lowest BCUT2D eigenvalue weighted by Crippen LogP contribution is -2.39. The summed E-state index contributed by atoms with van der Waals surface area (Å²) in [6.07, 6.45) is 10.1. The minimum absolute atomic E-state index is 0.0473. The van der Waals surface area contributed by atoms with E-state index in [4.69, 9.17) is 9.73 Å². The fourth-order valence-electron chi connectivity index (χ4n) is 7.47. The maximum absolute atomic E-state index is 7.69. The van der Waals surface area contributed by atoms with Crippen LogP contribution in [0, 0.1) is 12.8 Å². The SMILES string of the molecule is CCCc1cccc(CCC)c1N=C(CCn1cccc1)[C@H](Oc1c(C(C)(C)C)cc(C)cc1C(C)(C)C)C(C)CC(C)(C)c1ccccc1. The summed E-state index contributed by atoms with van der Waals surface area (Å²) in [5.74, 6) is 1.22. The van der Waals surface area contributed by atoms with Crippen LogP contribution in [0.4, 0.5) is 5.69 Å². The largest absolute Gasteiger partial charge is 0.484 e. The molecule has 2 atom stereocenters. The third-order valence-corrected chi connectivity index (χ3v) is 10.1. The molecule has 3 heteroatoms. The summed E-state index contributed by atoms with van der Waals surface area (Å²) in [7, 11) is 0. The molecule has 0 N–H and O–H groups in total. The molecule has 4 aromatic rings. The molecule has 270 valence electrons. The van der Waals surface area contributed by atoms with E-state index < -0.39 is 0 Å². The molecule has 0 spiro atoms. The van der Waals surface area contributed by atoms with Gasteiger partial charge >= 0.3 is 0 Å². The topological polar surface area (TPSA) is 26.5 Å². The number of aromatic nitrogens is 1. The van der Waals surface area contributed by atoms with Gasteiger partial charge in [-0.3, -0.25) is 4.99 Å². The van der Waals surface area contributed by atoms with Crippen molar-refractivity contribution in [3.05, 3.63) is 119 Å². The van der Waals surface area contributed by atoms with Gasteiger partial charge in [-0.05, 0) is 77.2 Å². The average molecular weight is 675 g/mol. The lowest BCUT2D eigenvalue weighted by molar-refractivity contribution is 0.171. The fourth-order valence-corrected chi connectivity index (χ4v) is 7.47. The average Bonchev–Trinajstić information content (AvgIpc) is 3.57. The maximum Gasteiger partial charge on any atom is 0.139 e. The Morgan fingerprint density at radius 1 is 0.740 bits per heavy atom. The number of para-hydroxylation sites is 1. The highest BCUT2D eigenvalue weighted by Gasteiger charge is 2.35. The van der Waals surface area contributed by atoms with Crippen LogP contribution in [0.1, 0.15) is 135 Å². The first-order valence-electron chi connectivity index (χ1n) is 19.2. The van der Waals surface area contributed by atoms with Gasteiger partial charge < -0.3 is 9.30 Å². The molecule has 0 bridgehead atoms. The van der Waals surface area contributed by atoms with Crippen LogP contribution in [0.15, 0.2) is 90.2 Å². The van der Waals surface area contributed by atoms with Crippen LogP contribution in [0.5, 0.6) is 5.75 Å². The van der Waals surface area contributed by atoms with E-state index in [1.807, 2.05) is 0 Å². The van der Waals surface area contributed by atoms with Gasteiger partial charge in [-0.2, -0.15) is 0 Å². The van der Waals surface area contributed by atoms with Gasteiger partial charge in [-0.25, -0.2) is 0 Å². The lowest BCUT2D eigenvalue weighted by Gasteiger charge is -2.37. The molecule has 1 aromatic heterocycles. The Bertz CT molecular complexity index is 1620. The molecule has 50 heavy (non-hydrogen) atoms. The van der Waals surface area contributed by atoms with Crippen LogP contribution in [-0.4, -0.2) is 16.4 Å². The normalized spacial score (nSPS) is 14.1. The standard InChI is InChI=1S/C47H66N2O/c1-13-21-36-23-20-24-37(22-14-2)42(36)48-41(27-30-49-28-18-19-29-49)43(35(4)33-47(11,12)38-25-16-15-17-26-38)50-44-39(45(5,6)7)31-34(3)32-40(44)46(8,9)10/h15-20,23-26,28-29,31-32,35,43H,13-14,21-22,27,30,33H2,1-12H3/t35?,43-/m1/s1. The number of aryl methyl sites for hydroxylation is 4. The molecule has 0 saturated heterocycles. The third-order valence-electron chi connectivity index (χ3n) is 10.1. The summed E-state index contributed by atoms with van der Waals surface area (Å²) >= 11 is 0. The summed E-state index contributed by atoms with van der Waals surface area (Å²) in [6, 6.07) is 26.7. The second-order valence-corrected chi connectivity index (χ2v) is 17.4. The Hall–Kier alpha value is -3.59. The van der Waals surface area contributed by atoms with Gasteiger partial charge in [0.2, 0.25) is 0 Å². The maximum atomic E-state index is 7.69. The van der Waals surface area contributed by atoms with E-state index in [1.165, 1.54) is 33.4 Å². The predicted octanol–water partition coefficient (Wildman–Crippen LogP) is 12.9. The number of hydrogen-bond acceptors (Lipinski definition) is 2. The van der Waals surface area contributed by atoms with Crippen LogP contribution in [0.2, 0.25) is 0 Å².